The number of nitrogens with zero attached hydrogens (tertiary/aromatic N) is 5. The fourth-order valence-corrected chi connectivity index (χ4v) is 4.86. The lowest BCUT2D eigenvalue weighted by Crippen LogP contribution is -2.60. The normalized spacial score (nSPS) is 16.9. The number of imidazole rings is 1. The van der Waals surface area contributed by atoms with Gasteiger partial charge in [-0.25, -0.2) is 15.0 Å². The summed E-state index contributed by atoms with van der Waals surface area (Å²) in [7, 11) is 0. The number of aromatic nitrogens is 4. The summed E-state index contributed by atoms with van der Waals surface area (Å²) in [6, 6.07) is 30.0. The quantitative estimate of drug-likeness (QED) is 0.280. The number of nitrogens with one attached hydrogen (secondary N) is 1. The van der Waals surface area contributed by atoms with Gasteiger partial charge in [-0.05, 0) is 16.7 Å². The molecule has 0 unspecified atom stereocenters. The molecule has 0 radical (unpaired) electrons. The largest absolute Gasteiger partial charge is 0.364 e. The second kappa shape index (κ2) is 10.8. The molecular formula is C30H28N6O2. The minimum atomic E-state index is -0.506. The molecular weight excluding hydrogens is 476 g/mol. The van der Waals surface area contributed by atoms with E-state index >= 15 is 0 Å². The Kier molecular flexibility index (Phi) is 6.78. The number of hydrogen-bond donors (Lipinski definition) is 1. The van der Waals surface area contributed by atoms with E-state index in [-0.39, 0.29) is 11.9 Å². The Labute approximate surface area is 220 Å². The molecule has 1 aliphatic rings. The first-order chi connectivity index (χ1) is 18.8. The van der Waals surface area contributed by atoms with Gasteiger partial charge in [0.25, 0.3) is 5.91 Å². The van der Waals surface area contributed by atoms with Crippen LogP contribution in [0.4, 0.5) is 5.82 Å². The van der Waals surface area contributed by atoms with E-state index in [1.165, 1.54) is 0 Å². The highest BCUT2D eigenvalue weighted by Gasteiger charge is 2.48. The molecule has 1 fully saturated rings. The molecule has 2 atom stereocenters. The first-order valence-corrected chi connectivity index (χ1v) is 12.7. The van der Waals surface area contributed by atoms with E-state index in [0.717, 1.165) is 22.3 Å². The van der Waals surface area contributed by atoms with E-state index in [2.05, 4.69) is 32.4 Å². The molecule has 8 nitrogen and oxygen atoms in total. The van der Waals surface area contributed by atoms with Crippen molar-refractivity contribution in [2.24, 2.45) is 0 Å². The smallest absolute Gasteiger partial charge is 0.254 e. The van der Waals surface area contributed by atoms with Crippen LogP contribution >= 0.6 is 0 Å². The van der Waals surface area contributed by atoms with Crippen molar-refractivity contribution in [1.29, 1.82) is 0 Å². The summed E-state index contributed by atoms with van der Waals surface area (Å²) in [6.07, 6.45) is 2.80. The molecule has 2 aromatic heterocycles. The van der Waals surface area contributed by atoms with Crippen LogP contribution in [0.1, 0.15) is 22.7 Å². The van der Waals surface area contributed by atoms with Crippen LogP contribution < -0.4 is 5.32 Å². The number of anilines is 1. The number of hydrogen-bond acceptors (Lipinski definition) is 6. The summed E-state index contributed by atoms with van der Waals surface area (Å²) >= 11 is 0. The van der Waals surface area contributed by atoms with Gasteiger partial charge in [0.2, 0.25) is 0 Å². The number of fused-ring (bicyclic) bond motifs is 1. The van der Waals surface area contributed by atoms with Gasteiger partial charge in [-0.1, -0.05) is 91.0 Å². The fourth-order valence-electron chi connectivity index (χ4n) is 4.86. The topological polar surface area (TPSA) is 85.2 Å². The van der Waals surface area contributed by atoms with Gasteiger partial charge in [0.05, 0.1) is 19.0 Å². The molecule has 0 aliphatic carbocycles. The van der Waals surface area contributed by atoms with Gasteiger partial charge in [0.15, 0.2) is 17.6 Å². The lowest BCUT2D eigenvalue weighted by molar-refractivity contribution is -0.177. The van der Waals surface area contributed by atoms with Gasteiger partial charge in [0, 0.05) is 19.6 Å². The van der Waals surface area contributed by atoms with E-state index in [1.54, 1.807) is 12.7 Å². The van der Waals surface area contributed by atoms with Crippen molar-refractivity contribution in [2.45, 2.75) is 31.8 Å². The summed E-state index contributed by atoms with van der Waals surface area (Å²) in [6.45, 7) is 2.12. The lowest BCUT2D eigenvalue weighted by Gasteiger charge is -2.47. The molecule has 1 aliphatic heterocycles. The number of β-lactam (4-membered cyclic amide) rings is 1. The highest BCUT2D eigenvalue weighted by molar-refractivity contribution is 5.89. The molecule has 1 amide bonds. The van der Waals surface area contributed by atoms with Crippen LogP contribution in [-0.2, 0) is 29.2 Å². The zero-order chi connectivity index (χ0) is 25.7. The molecule has 0 bridgehead atoms. The Balaban J connectivity index is 1.16. The monoisotopic (exact) mass is 504 g/mol. The van der Waals surface area contributed by atoms with Gasteiger partial charge in [0.1, 0.15) is 11.8 Å². The molecule has 8 heteroatoms. The Morgan fingerprint density at radius 2 is 1.47 bits per heavy atom. The number of carbonyl (C=O) groups is 1. The molecule has 3 aromatic carbocycles. The van der Waals surface area contributed by atoms with Crippen molar-refractivity contribution >= 4 is 22.9 Å². The second-order valence-electron chi connectivity index (χ2n) is 9.28. The Hall–Kier alpha value is -4.56. The third-order valence-electron chi connectivity index (χ3n) is 6.85. The number of benzene rings is 3. The van der Waals surface area contributed by atoms with E-state index in [9.17, 15) is 4.79 Å². The van der Waals surface area contributed by atoms with E-state index in [4.69, 9.17) is 4.74 Å². The SMILES string of the molecule is O=C1[C@@H](OCc2ccccc2)[C@@H](c2ccccc2)N1CCn1cnc2c(NCc3ccccc3)ncnc21. The third-order valence-corrected chi connectivity index (χ3v) is 6.85. The molecule has 5 aromatic rings. The summed E-state index contributed by atoms with van der Waals surface area (Å²) in [5.74, 6) is 0.688. The van der Waals surface area contributed by atoms with E-state index < -0.39 is 6.10 Å². The maximum absolute atomic E-state index is 13.2. The predicted octanol–water partition coefficient (Wildman–Crippen LogP) is 4.61. The zero-order valence-electron chi connectivity index (χ0n) is 20.9. The van der Waals surface area contributed by atoms with Crippen molar-refractivity contribution in [1.82, 2.24) is 24.4 Å². The standard InChI is InChI=1S/C30H28N6O2/c37-30-27(38-19-23-12-6-2-7-13-23)26(24-14-8-3-9-15-24)36(30)17-16-35-21-34-25-28(32-20-33-29(25)35)31-18-22-10-4-1-5-11-22/h1-15,20-21,26-27H,16-19H2,(H,31,32,33)/t26-,27+/m1/s1. The van der Waals surface area contributed by atoms with Crippen LogP contribution in [0.5, 0.6) is 0 Å². The molecule has 1 saturated heterocycles. The highest BCUT2D eigenvalue weighted by atomic mass is 16.5. The van der Waals surface area contributed by atoms with E-state index in [0.29, 0.717) is 37.6 Å². The van der Waals surface area contributed by atoms with Crippen LogP contribution in [0.15, 0.2) is 104 Å². The summed E-state index contributed by atoms with van der Waals surface area (Å²) < 4.78 is 8.09. The molecule has 0 saturated carbocycles. The van der Waals surface area contributed by atoms with Crippen molar-refractivity contribution < 1.29 is 9.53 Å². The van der Waals surface area contributed by atoms with Gasteiger partial charge in [-0.15, -0.1) is 0 Å². The number of likely N-dealkylation sites (tertiary alicyclic amines) is 1. The number of rotatable bonds is 10. The van der Waals surface area contributed by atoms with Crippen molar-refractivity contribution in [3.05, 3.63) is 120 Å². The van der Waals surface area contributed by atoms with Crippen molar-refractivity contribution in [3.63, 3.8) is 0 Å². The van der Waals surface area contributed by atoms with Gasteiger partial charge in [-0.3, -0.25) is 4.79 Å². The van der Waals surface area contributed by atoms with Crippen LogP contribution in [0, 0.1) is 0 Å². The summed E-state index contributed by atoms with van der Waals surface area (Å²) in [5.41, 5.74) is 4.71. The van der Waals surface area contributed by atoms with Gasteiger partial charge >= 0.3 is 0 Å². The second-order valence-corrected chi connectivity index (χ2v) is 9.28. The molecule has 38 heavy (non-hydrogen) atoms. The number of amides is 1. The highest BCUT2D eigenvalue weighted by Crippen LogP contribution is 2.37. The van der Waals surface area contributed by atoms with Crippen LogP contribution in [0.25, 0.3) is 11.2 Å². The summed E-state index contributed by atoms with van der Waals surface area (Å²) in [5, 5.41) is 3.37. The zero-order valence-corrected chi connectivity index (χ0v) is 20.9. The average Bonchev–Trinajstić information content (AvgIpc) is 3.40. The molecule has 1 N–H and O–H groups in total. The van der Waals surface area contributed by atoms with Crippen LogP contribution in [-0.4, -0.2) is 43.0 Å². The number of ether oxygens (including phenoxy) is 1. The van der Waals surface area contributed by atoms with Gasteiger partial charge < -0.3 is 19.5 Å². The van der Waals surface area contributed by atoms with Crippen molar-refractivity contribution in [2.75, 3.05) is 11.9 Å². The maximum atomic E-state index is 13.2. The summed E-state index contributed by atoms with van der Waals surface area (Å²) in [4.78, 5) is 28.5. The molecule has 190 valence electrons. The minimum Gasteiger partial charge on any atom is -0.364 e. The first kappa shape index (κ1) is 23.8. The molecule has 6 rings (SSSR count). The lowest BCUT2D eigenvalue weighted by atomic mass is 9.90. The third kappa shape index (κ3) is 4.86. The van der Waals surface area contributed by atoms with Gasteiger partial charge in [-0.2, -0.15) is 0 Å². The number of carbonyl (C=O) groups excluding carboxylic acids is 1. The minimum absolute atomic E-state index is 0.000882. The van der Waals surface area contributed by atoms with Crippen molar-refractivity contribution in [3.8, 4) is 0 Å². The Morgan fingerprint density at radius 3 is 2.21 bits per heavy atom. The Morgan fingerprint density at radius 1 is 0.789 bits per heavy atom. The van der Waals surface area contributed by atoms with Crippen LogP contribution in [0.3, 0.4) is 0 Å². The molecule has 3 heterocycles. The molecule has 0 spiro atoms. The first-order valence-electron chi connectivity index (χ1n) is 12.7. The average molecular weight is 505 g/mol. The predicted molar refractivity (Wildman–Crippen MR) is 145 cm³/mol. The van der Waals surface area contributed by atoms with Crippen LogP contribution in [0.2, 0.25) is 0 Å². The van der Waals surface area contributed by atoms with E-state index in [1.807, 2.05) is 88.3 Å². The Bertz CT molecular complexity index is 1510. The maximum Gasteiger partial charge on any atom is 0.254 e. The fraction of sp³-hybridized carbons (Fsp3) is 0.200.